The molecule has 1 unspecified atom stereocenters. The first-order chi connectivity index (χ1) is 17.2. The van der Waals surface area contributed by atoms with Crippen molar-refractivity contribution in [3.63, 3.8) is 0 Å². The first-order valence-corrected chi connectivity index (χ1v) is 12.6. The van der Waals surface area contributed by atoms with Crippen LogP contribution in [0.1, 0.15) is 32.3 Å². The summed E-state index contributed by atoms with van der Waals surface area (Å²) in [5, 5.41) is 12.4. The number of rotatable bonds is 10. The zero-order valence-corrected chi connectivity index (χ0v) is 21.5. The number of hydrogen-bond donors (Lipinski definition) is 2. The van der Waals surface area contributed by atoms with E-state index in [-0.39, 0.29) is 11.5 Å². The van der Waals surface area contributed by atoms with Gasteiger partial charge in [-0.15, -0.1) is 0 Å². The SMILES string of the molecule is Cc1cc(-c2nc3ccc(OCCNC(C(=O)O)C(C)C)cc3n2CC2CCOCC2)cn(C)c1=O. The summed E-state index contributed by atoms with van der Waals surface area (Å²) in [6.07, 6.45) is 3.83. The molecule has 4 rings (SSSR count). The Hall–Kier alpha value is -3.17. The molecule has 194 valence electrons. The minimum absolute atomic E-state index is 0.0158. The average molecular weight is 497 g/mol. The van der Waals surface area contributed by atoms with Crippen LogP contribution >= 0.6 is 0 Å². The first-order valence-electron chi connectivity index (χ1n) is 12.6. The first kappa shape index (κ1) is 25.9. The number of hydrogen-bond acceptors (Lipinski definition) is 6. The van der Waals surface area contributed by atoms with Gasteiger partial charge < -0.3 is 29.0 Å². The average Bonchev–Trinajstić information content (AvgIpc) is 3.20. The zero-order valence-electron chi connectivity index (χ0n) is 21.5. The van der Waals surface area contributed by atoms with E-state index in [1.54, 1.807) is 11.6 Å². The number of aryl methyl sites for hydroxylation is 2. The van der Waals surface area contributed by atoms with Gasteiger partial charge in [-0.25, -0.2) is 4.98 Å². The highest BCUT2D eigenvalue weighted by Crippen LogP contribution is 2.30. The normalized spacial score (nSPS) is 15.5. The third kappa shape index (κ3) is 5.79. The Labute approximate surface area is 211 Å². The third-order valence-electron chi connectivity index (χ3n) is 6.79. The van der Waals surface area contributed by atoms with Crippen LogP contribution in [0.4, 0.5) is 0 Å². The third-order valence-corrected chi connectivity index (χ3v) is 6.79. The molecule has 1 atom stereocenters. The Morgan fingerprint density at radius 1 is 1.28 bits per heavy atom. The van der Waals surface area contributed by atoms with E-state index in [0.29, 0.717) is 30.4 Å². The smallest absolute Gasteiger partial charge is 0.320 e. The lowest BCUT2D eigenvalue weighted by Gasteiger charge is -2.23. The molecule has 36 heavy (non-hydrogen) atoms. The van der Waals surface area contributed by atoms with Crippen LogP contribution in [0.15, 0.2) is 35.3 Å². The van der Waals surface area contributed by atoms with Crippen LogP contribution in [0.3, 0.4) is 0 Å². The van der Waals surface area contributed by atoms with Crippen molar-refractivity contribution < 1.29 is 19.4 Å². The van der Waals surface area contributed by atoms with Gasteiger partial charge in [-0.1, -0.05) is 13.8 Å². The summed E-state index contributed by atoms with van der Waals surface area (Å²) < 4.78 is 15.4. The lowest BCUT2D eigenvalue weighted by Crippen LogP contribution is -2.42. The van der Waals surface area contributed by atoms with Crippen molar-refractivity contribution in [1.82, 2.24) is 19.4 Å². The molecule has 0 bridgehead atoms. The van der Waals surface area contributed by atoms with E-state index in [9.17, 15) is 14.7 Å². The van der Waals surface area contributed by atoms with Gasteiger partial charge in [0.15, 0.2) is 0 Å². The molecule has 1 fully saturated rings. The van der Waals surface area contributed by atoms with Crippen LogP contribution in [0.25, 0.3) is 22.4 Å². The number of pyridine rings is 1. The molecule has 2 aromatic heterocycles. The van der Waals surface area contributed by atoms with Crippen molar-refractivity contribution in [2.75, 3.05) is 26.4 Å². The van der Waals surface area contributed by atoms with Gasteiger partial charge in [-0.3, -0.25) is 9.59 Å². The molecule has 9 heteroatoms. The van der Waals surface area contributed by atoms with E-state index in [4.69, 9.17) is 14.5 Å². The maximum Gasteiger partial charge on any atom is 0.320 e. The van der Waals surface area contributed by atoms with Gasteiger partial charge in [0.25, 0.3) is 5.56 Å². The Bertz CT molecular complexity index is 1250. The van der Waals surface area contributed by atoms with Crippen molar-refractivity contribution in [2.24, 2.45) is 18.9 Å². The fraction of sp³-hybridized carbons (Fsp3) is 0.519. The number of fused-ring (bicyclic) bond motifs is 1. The van der Waals surface area contributed by atoms with E-state index in [1.165, 1.54) is 0 Å². The van der Waals surface area contributed by atoms with Gasteiger partial charge in [0.1, 0.15) is 24.2 Å². The second-order valence-corrected chi connectivity index (χ2v) is 9.94. The van der Waals surface area contributed by atoms with Crippen LogP contribution in [-0.4, -0.2) is 57.6 Å². The fourth-order valence-corrected chi connectivity index (χ4v) is 4.78. The van der Waals surface area contributed by atoms with E-state index in [2.05, 4.69) is 9.88 Å². The number of imidazole rings is 1. The predicted molar refractivity (Wildman–Crippen MR) is 138 cm³/mol. The number of nitrogens with one attached hydrogen (secondary N) is 1. The summed E-state index contributed by atoms with van der Waals surface area (Å²) >= 11 is 0. The molecule has 1 aromatic carbocycles. The number of aromatic nitrogens is 3. The van der Waals surface area contributed by atoms with E-state index in [0.717, 1.165) is 55.0 Å². The quantitative estimate of drug-likeness (QED) is 0.415. The molecule has 0 radical (unpaired) electrons. The highest BCUT2D eigenvalue weighted by Gasteiger charge is 2.22. The molecule has 3 aromatic rings. The van der Waals surface area contributed by atoms with Crippen molar-refractivity contribution >= 4 is 17.0 Å². The summed E-state index contributed by atoms with van der Waals surface area (Å²) in [6.45, 7) is 8.69. The molecular formula is C27H36N4O5. The number of aliphatic carboxylic acids is 1. The molecule has 0 saturated carbocycles. The Morgan fingerprint density at radius 2 is 2.03 bits per heavy atom. The van der Waals surface area contributed by atoms with Crippen LogP contribution in [0.5, 0.6) is 5.75 Å². The molecule has 9 nitrogen and oxygen atoms in total. The monoisotopic (exact) mass is 496 g/mol. The molecule has 1 saturated heterocycles. The van der Waals surface area contributed by atoms with Crippen LogP contribution in [0.2, 0.25) is 0 Å². The molecule has 0 amide bonds. The Morgan fingerprint density at radius 3 is 2.69 bits per heavy atom. The summed E-state index contributed by atoms with van der Waals surface area (Å²) in [5.74, 6) is 1.14. The predicted octanol–water partition coefficient (Wildman–Crippen LogP) is 3.21. The van der Waals surface area contributed by atoms with Gasteiger partial charge in [-0.05, 0) is 49.8 Å². The minimum atomic E-state index is -0.857. The maximum atomic E-state index is 12.3. The van der Waals surface area contributed by atoms with Crippen molar-refractivity contribution in [1.29, 1.82) is 0 Å². The standard InChI is InChI=1S/C27H36N4O5/c1-17(2)24(27(33)34)28-9-12-36-21-5-6-22-23(14-21)31(15-19-7-10-35-11-8-19)25(29-22)20-13-18(3)26(32)30(4)16-20/h5-6,13-14,16-17,19,24,28H,7-12,15H2,1-4H3,(H,33,34). The van der Waals surface area contributed by atoms with Crippen LogP contribution in [0, 0.1) is 18.8 Å². The summed E-state index contributed by atoms with van der Waals surface area (Å²) in [4.78, 5) is 28.6. The largest absolute Gasteiger partial charge is 0.492 e. The molecule has 1 aliphatic rings. The maximum absolute atomic E-state index is 12.3. The number of nitrogens with zero attached hydrogens (tertiary/aromatic N) is 3. The van der Waals surface area contributed by atoms with Crippen molar-refractivity contribution in [3.05, 3.63) is 46.4 Å². The van der Waals surface area contributed by atoms with Crippen LogP contribution < -0.4 is 15.6 Å². The molecule has 0 aliphatic carbocycles. The lowest BCUT2D eigenvalue weighted by molar-refractivity contribution is -0.140. The minimum Gasteiger partial charge on any atom is -0.492 e. The Kier molecular flexibility index (Phi) is 8.11. The molecule has 2 N–H and O–H groups in total. The fourth-order valence-electron chi connectivity index (χ4n) is 4.78. The Balaban J connectivity index is 1.62. The molecule has 0 spiro atoms. The van der Waals surface area contributed by atoms with Crippen LogP contribution in [-0.2, 0) is 23.1 Å². The van der Waals surface area contributed by atoms with E-state index < -0.39 is 12.0 Å². The number of ether oxygens (including phenoxy) is 2. The van der Waals surface area contributed by atoms with Gasteiger partial charge in [0, 0.05) is 56.7 Å². The lowest BCUT2D eigenvalue weighted by atomic mass is 10.00. The van der Waals surface area contributed by atoms with Gasteiger partial charge in [0.2, 0.25) is 0 Å². The number of benzene rings is 1. The molecule has 3 heterocycles. The topological polar surface area (TPSA) is 108 Å². The highest BCUT2D eigenvalue weighted by atomic mass is 16.5. The number of carboxylic acids is 1. The molecule has 1 aliphatic heterocycles. The van der Waals surface area contributed by atoms with E-state index >= 15 is 0 Å². The van der Waals surface area contributed by atoms with Gasteiger partial charge in [0.05, 0.1) is 11.0 Å². The zero-order chi connectivity index (χ0) is 25.8. The van der Waals surface area contributed by atoms with Gasteiger partial charge >= 0.3 is 5.97 Å². The second-order valence-electron chi connectivity index (χ2n) is 9.94. The summed E-state index contributed by atoms with van der Waals surface area (Å²) in [7, 11) is 1.76. The number of carbonyl (C=O) groups is 1. The highest BCUT2D eigenvalue weighted by molar-refractivity contribution is 5.82. The van der Waals surface area contributed by atoms with E-state index in [1.807, 2.05) is 51.2 Å². The summed E-state index contributed by atoms with van der Waals surface area (Å²) in [6, 6.07) is 7.13. The van der Waals surface area contributed by atoms with Crippen molar-refractivity contribution in [3.8, 4) is 17.1 Å². The van der Waals surface area contributed by atoms with Crippen molar-refractivity contribution in [2.45, 2.75) is 46.2 Å². The second kappa shape index (κ2) is 11.3. The molecular weight excluding hydrogens is 460 g/mol. The van der Waals surface area contributed by atoms with Gasteiger partial charge in [-0.2, -0.15) is 0 Å². The summed E-state index contributed by atoms with van der Waals surface area (Å²) in [5.41, 5.74) is 3.40. The number of carboxylic acid groups (broad SMARTS) is 1.